The molecule has 156 valence electrons. The Kier molecular flexibility index (Phi) is 12.6. The van der Waals surface area contributed by atoms with Gasteiger partial charge in [-0.15, -0.1) is 24.0 Å². The molecule has 1 aromatic rings. The van der Waals surface area contributed by atoms with Gasteiger partial charge in [0.2, 0.25) is 5.89 Å². The largest absolute Gasteiger partial charge is 0.371 e. The first-order valence-corrected chi connectivity index (χ1v) is 10.2. The summed E-state index contributed by atoms with van der Waals surface area (Å²) in [5, 5.41) is 10.6. The number of ether oxygens (including phenoxy) is 1. The molecule has 2 N–H and O–H groups in total. The van der Waals surface area contributed by atoms with E-state index in [2.05, 4.69) is 32.7 Å². The zero-order chi connectivity index (χ0) is 18.6. The monoisotopic (exact) mass is 493 g/mol. The van der Waals surface area contributed by atoms with Crippen molar-refractivity contribution in [1.82, 2.24) is 20.8 Å². The van der Waals surface area contributed by atoms with E-state index in [9.17, 15) is 0 Å². The summed E-state index contributed by atoms with van der Waals surface area (Å²) < 4.78 is 10.7. The molecule has 0 aliphatic heterocycles. The van der Waals surface area contributed by atoms with Crippen molar-refractivity contribution in [3.8, 4) is 0 Å². The smallest absolute Gasteiger partial charge is 0.248 e. The van der Waals surface area contributed by atoms with E-state index < -0.39 is 0 Å². The lowest BCUT2D eigenvalue weighted by molar-refractivity contribution is 0.0683. The lowest BCUT2D eigenvalue weighted by Crippen LogP contribution is -2.37. The van der Waals surface area contributed by atoms with Crippen molar-refractivity contribution in [2.75, 3.05) is 19.7 Å². The van der Waals surface area contributed by atoms with E-state index in [-0.39, 0.29) is 30.1 Å². The molecule has 7 nitrogen and oxygen atoms in total. The second-order valence-electron chi connectivity index (χ2n) is 6.91. The molecule has 1 aliphatic carbocycles. The number of rotatable bonds is 10. The number of hydrogen-bond donors (Lipinski definition) is 2. The first-order valence-electron chi connectivity index (χ1n) is 10.2. The Balaban J connectivity index is 0.00000364. The van der Waals surface area contributed by atoms with Crippen LogP contribution < -0.4 is 10.6 Å². The lowest BCUT2D eigenvalue weighted by atomic mass is 9.86. The minimum atomic E-state index is -0.160. The van der Waals surface area contributed by atoms with E-state index in [1.807, 2.05) is 13.8 Å². The van der Waals surface area contributed by atoms with Gasteiger partial charge in [0.1, 0.15) is 12.6 Å². The normalized spacial score (nSPS) is 16.6. The molecule has 27 heavy (non-hydrogen) atoms. The third-order valence-electron chi connectivity index (χ3n) is 4.79. The van der Waals surface area contributed by atoms with Crippen molar-refractivity contribution in [1.29, 1.82) is 0 Å². The first kappa shape index (κ1) is 24.1. The maximum atomic E-state index is 5.48. The number of halogens is 1. The highest BCUT2D eigenvalue weighted by Crippen LogP contribution is 2.26. The number of guanidine groups is 1. The molecular formula is C19H36IN5O2. The Bertz CT molecular complexity index is 532. The van der Waals surface area contributed by atoms with Crippen LogP contribution in [-0.2, 0) is 11.3 Å². The average Bonchev–Trinajstić information content (AvgIpc) is 3.13. The predicted molar refractivity (Wildman–Crippen MR) is 118 cm³/mol. The fraction of sp³-hybridized carbons (Fsp3) is 0.842. The molecular weight excluding hydrogens is 457 g/mol. The van der Waals surface area contributed by atoms with Gasteiger partial charge in [-0.05, 0) is 39.5 Å². The van der Waals surface area contributed by atoms with Gasteiger partial charge in [-0.25, -0.2) is 4.99 Å². The van der Waals surface area contributed by atoms with Crippen molar-refractivity contribution in [2.45, 2.75) is 78.4 Å². The molecule has 2 rings (SSSR count). The van der Waals surface area contributed by atoms with E-state index in [1.165, 1.54) is 44.9 Å². The summed E-state index contributed by atoms with van der Waals surface area (Å²) in [4.78, 5) is 8.90. The SMILES string of the molecule is CCNC(=NCc1nc(C(C)OCC)no1)NCCCC1CCCCC1.I. The highest BCUT2D eigenvalue weighted by atomic mass is 127. The topological polar surface area (TPSA) is 84.6 Å². The number of aliphatic imine (C=N–C) groups is 1. The number of nitrogens with one attached hydrogen (secondary N) is 2. The fourth-order valence-electron chi connectivity index (χ4n) is 3.38. The first-order chi connectivity index (χ1) is 12.7. The highest BCUT2D eigenvalue weighted by Gasteiger charge is 2.14. The Morgan fingerprint density at radius 3 is 2.74 bits per heavy atom. The molecule has 8 heteroatoms. The number of hydrogen-bond acceptors (Lipinski definition) is 5. The number of aromatic nitrogens is 2. The summed E-state index contributed by atoms with van der Waals surface area (Å²) in [5.74, 6) is 2.80. The summed E-state index contributed by atoms with van der Waals surface area (Å²) in [6.07, 6.45) is 9.41. The quantitative estimate of drug-likeness (QED) is 0.220. The van der Waals surface area contributed by atoms with Gasteiger partial charge in [0.25, 0.3) is 0 Å². The van der Waals surface area contributed by atoms with Crippen molar-refractivity contribution in [3.05, 3.63) is 11.7 Å². The third kappa shape index (κ3) is 9.23. The number of nitrogens with zero attached hydrogens (tertiary/aromatic N) is 3. The van der Waals surface area contributed by atoms with Crippen LogP contribution in [0.2, 0.25) is 0 Å². The van der Waals surface area contributed by atoms with Crippen LogP contribution in [0.5, 0.6) is 0 Å². The summed E-state index contributed by atoms with van der Waals surface area (Å²) >= 11 is 0. The molecule has 1 heterocycles. The van der Waals surface area contributed by atoms with Gasteiger partial charge in [0.05, 0.1) is 0 Å². The van der Waals surface area contributed by atoms with Gasteiger partial charge in [-0.3, -0.25) is 0 Å². The molecule has 0 aromatic carbocycles. The third-order valence-corrected chi connectivity index (χ3v) is 4.79. The van der Waals surface area contributed by atoms with E-state index in [4.69, 9.17) is 9.26 Å². The van der Waals surface area contributed by atoms with Crippen molar-refractivity contribution >= 4 is 29.9 Å². The Hall–Kier alpha value is -0.900. The van der Waals surface area contributed by atoms with Gasteiger partial charge in [0, 0.05) is 19.7 Å². The van der Waals surface area contributed by atoms with Gasteiger partial charge in [-0.2, -0.15) is 4.98 Å². The van der Waals surface area contributed by atoms with Gasteiger partial charge >= 0.3 is 0 Å². The second-order valence-corrected chi connectivity index (χ2v) is 6.91. The molecule has 1 saturated carbocycles. The molecule has 0 bridgehead atoms. The molecule has 1 aromatic heterocycles. The zero-order valence-corrected chi connectivity index (χ0v) is 19.3. The van der Waals surface area contributed by atoms with Crippen LogP contribution in [0.1, 0.15) is 83.5 Å². The minimum Gasteiger partial charge on any atom is -0.371 e. The van der Waals surface area contributed by atoms with E-state index >= 15 is 0 Å². The average molecular weight is 493 g/mol. The Morgan fingerprint density at radius 2 is 2.04 bits per heavy atom. The van der Waals surface area contributed by atoms with Gasteiger partial charge in [0.15, 0.2) is 11.8 Å². The lowest BCUT2D eigenvalue weighted by Gasteiger charge is -2.21. The predicted octanol–water partition coefficient (Wildman–Crippen LogP) is 4.20. The maximum Gasteiger partial charge on any atom is 0.248 e. The van der Waals surface area contributed by atoms with Crippen molar-refractivity contribution in [2.24, 2.45) is 10.9 Å². The molecule has 1 unspecified atom stereocenters. The van der Waals surface area contributed by atoms with Crippen LogP contribution in [0, 0.1) is 5.92 Å². The van der Waals surface area contributed by atoms with E-state index in [1.54, 1.807) is 0 Å². The van der Waals surface area contributed by atoms with Crippen LogP contribution in [0.3, 0.4) is 0 Å². The van der Waals surface area contributed by atoms with Gasteiger partial charge < -0.3 is 19.9 Å². The molecule has 0 amide bonds. The van der Waals surface area contributed by atoms with Crippen LogP contribution in [0.4, 0.5) is 0 Å². The highest BCUT2D eigenvalue weighted by molar-refractivity contribution is 14.0. The van der Waals surface area contributed by atoms with Crippen LogP contribution >= 0.6 is 24.0 Å². The molecule has 1 fully saturated rings. The summed E-state index contributed by atoms with van der Waals surface area (Å²) in [7, 11) is 0. The molecule has 0 saturated heterocycles. The maximum absolute atomic E-state index is 5.48. The summed E-state index contributed by atoms with van der Waals surface area (Å²) in [6, 6.07) is 0. The van der Waals surface area contributed by atoms with Crippen LogP contribution in [0.15, 0.2) is 9.52 Å². The van der Waals surface area contributed by atoms with E-state index in [0.717, 1.165) is 25.0 Å². The molecule has 0 spiro atoms. The van der Waals surface area contributed by atoms with Crippen molar-refractivity contribution in [3.63, 3.8) is 0 Å². The Labute approximate surface area is 180 Å². The van der Waals surface area contributed by atoms with Crippen LogP contribution in [-0.4, -0.2) is 35.8 Å². The minimum absolute atomic E-state index is 0. The second kappa shape index (κ2) is 14.1. The summed E-state index contributed by atoms with van der Waals surface area (Å²) in [6.45, 7) is 8.68. The molecule has 1 aliphatic rings. The fourth-order valence-corrected chi connectivity index (χ4v) is 3.38. The standard InChI is InChI=1S/C19H35N5O2.HI/c1-4-20-19(21-13-9-12-16-10-7-6-8-11-16)22-14-17-23-18(24-26-17)15(3)25-5-2;/h15-16H,4-14H2,1-3H3,(H2,20,21,22);1H. The molecule has 1 atom stereocenters. The Morgan fingerprint density at radius 1 is 1.26 bits per heavy atom. The van der Waals surface area contributed by atoms with E-state index in [0.29, 0.717) is 24.9 Å². The van der Waals surface area contributed by atoms with Crippen LogP contribution in [0.25, 0.3) is 0 Å². The molecule has 0 radical (unpaired) electrons. The van der Waals surface area contributed by atoms with Crippen molar-refractivity contribution < 1.29 is 9.26 Å². The summed E-state index contributed by atoms with van der Waals surface area (Å²) in [5.41, 5.74) is 0. The van der Waals surface area contributed by atoms with Gasteiger partial charge in [-0.1, -0.05) is 37.3 Å². The zero-order valence-electron chi connectivity index (χ0n) is 17.0.